The molecule has 0 bridgehead atoms. The highest BCUT2D eigenvalue weighted by Gasteiger charge is 2.35. The predicted molar refractivity (Wildman–Crippen MR) is 90.0 cm³/mol. The number of H-pyrrole nitrogens is 1. The van der Waals surface area contributed by atoms with Crippen LogP contribution in [0.15, 0.2) is 29.7 Å². The van der Waals surface area contributed by atoms with Crippen molar-refractivity contribution in [2.24, 2.45) is 5.73 Å². The standard InChI is InChI=1S/C16H14ClN5O3/c1-2-3-11-14-13(8-4-5-12(22(23)24)10(17)6-8)9(7-18)15(19)25-16(14)21-20-11/h4-6,13H,2-3,19H2,1H3,(H,20,21)/t13-/m0/s1. The van der Waals surface area contributed by atoms with Crippen LogP contribution in [-0.2, 0) is 6.42 Å². The lowest BCUT2D eigenvalue weighted by molar-refractivity contribution is -0.384. The summed E-state index contributed by atoms with van der Waals surface area (Å²) in [4.78, 5) is 10.4. The number of nitriles is 1. The number of rotatable bonds is 4. The molecule has 0 amide bonds. The molecule has 1 aliphatic heterocycles. The van der Waals surface area contributed by atoms with E-state index in [1.165, 1.54) is 12.1 Å². The summed E-state index contributed by atoms with van der Waals surface area (Å²) in [5.74, 6) is -0.282. The van der Waals surface area contributed by atoms with Crippen LogP contribution in [0.2, 0.25) is 5.02 Å². The second-order valence-electron chi connectivity index (χ2n) is 5.56. The summed E-state index contributed by atoms with van der Waals surface area (Å²) in [6.45, 7) is 2.02. The summed E-state index contributed by atoms with van der Waals surface area (Å²) >= 11 is 6.05. The smallest absolute Gasteiger partial charge is 0.287 e. The van der Waals surface area contributed by atoms with Crippen molar-refractivity contribution >= 4 is 17.3 Å². The number of benzene rings is 1. The van der Waals surface area contributed by atoms with Gasteiger partial charge in [0.25, 0.3) is 5.69 Å². The fourth-order valence-corrected chi connectivity index (χ4v) is 3.19. The van der Waals surface area contributed by atoms with Crippen LogP contribution in [0.25, 0.3) is 0 Å². The van der Waals surface area contributed by atoms with Crippen molar-refractivity contribution in [1.82, 2.24) is 10.2 Å². The topological polar surface area (TPSA) is 131 Å². The van der Waals surface area contributed by atoms with Gasteiger partial charge in [-0.2, -0.15) is 5.26 Å². The second-order valence-corrected chi connectivity index (χ2v) is 5.97. The number of nitrogens with one attached hydrogen (secondary N) is 1. The van der Waals surface area contributed by atoms with Crippen molar-refractivity contribution in [2.75, 3.05) is 0 Å². The molecule has 128 valence electrons. The van der Waals surface area contributed by atoms with E-state index in [0.29, 0.717) is 23.4 Å². The number of hydrogen-bond acceptors (Lipinski definition) is 6. The molecule has 0 aliphatic carbocycles. The SMILES string of the molecule is CCCc1[nH]nc2c1[C@@H](c1ccc([N+](=O)[O-])c(Cl)c1)C(C#N)=C(N)O2. The highest BCUT2D eigenvalue weighted by molar-refractivity contribution is 6.32. The Morgan fingerprint density at radius 3 is 2.92 bits per heavy atom. The third-order valence-corrected chi connectivity index (χ3v) is 4.32. The van der Waals surface area contributed by atoms with Crippen LogP contribution in [0.4, 0.5) is 5.69 Å². The number of hydrogen-bond donors (Lipinski definition) is 2. The Bertz CT molecular complexity index is 928. The molecular formula is C16H14ClN5O3. The van der Waals surface area contributed by atoms with E-state index in [1.807, 2.05) is 6.92 Å². The Balaban J connectivity index is 2.20. The van der Waals surface area contributed by atoms with E-state index >= 15 is 0 Å². The van der Waals surface area contributed by atoms with Crippen LogP contribution in [0.1, 0.15) is 36.1 Å². The van der Waals surface area contributed by atoms with E-state index in [4.69, 9.17) is 22.1 Å². The molecule has 1 aromatic heterocycles. The van der Waals surface area contributed by atoms with E-state index in [1.54, 1.807) is 6.07 Å². The van der Waals surface area contributed by atoms with Gasteiger partial charge < -0.3 is 10.5 Å². The van der Waals surface area contributed by atoms with Crippen molar-refractivity contribution in [3.63, 3.8) is 0 Å². The fraction of sp³-hybridized carbons (Fsp3) is 0.250. The van der Waals surface area contributed by atoms with E-state index < -0.39 is 10.8 Å². The Hall–Kier alpha value is -3.05. The van der Waals surface area contributed by atoms with Gasteiger partial charge >= 0.3 is 0 Å². The second kappa shape index (κ2) is 6.45. The number of allylic oxidation sites excluding steroid dienone is 1. The van der Waals surface area contributed by atoms with Gasteiger partial charge in [-0.25, -0.2) is 0 Å². The van der Waals surface area contributed by atoms with Crippen molar-refractivity contribution in [3.05, 3.63) is 61.6 Å². The molecular weight excluding hydrogens is 346 g/mol. The van der Waals surface area contributed by atoms with Crippen molar-refractivity contribution < 1.29 is 9.66 Å². The zero-order valence-corrected chi connectivity index (χ0v) is 14.0. The third kappa shape index (κ3) is 2.79. The summed E-state index contributed by atoms with van der Waals surface area (Å²) in [5.41, 5.74) is 8.04. The number of nitro benzene ring substituents is 1. The molecule has 0 radical (unpaired) electrons. The lowest BCUT2D eigenvalue weighted by Gasteiger charge is -2.24. The van der Waals surface area contributed by atoms with Gasteiger partial charge in [0.15, 0.2) is 0 Å². The molecule has 2 heterocycles. The number of aromatic nitrogens is 2. The van der Waals surface area contributed by atoms with Gasteiger partial charge in [0.2, 0.25) is 11.8 Å². The molecule has 1 aliphatic rings. The first kappa shape index (κ1) is 16.8. The number of halogens is 1. The number of aromatic amines is 1. The van der Waals surface area contributed by atoms with Crippen molar-refractivity contribution in [1.29, 1.82) is 5.26 Å². The molecule has 3 N–H and O–H groups in total. The predicted octanol–water partition coefficient (Wildman–Crippen LogP) is 3.14. The van der Waals surface area contributed by atoms with Gasteiger partial charge in [-0.05, 0) is 18.1 Å². The van der Waals surface area contributed by atoms with Gasteiger partial charge in [-0.3, -0.25) is 15.2 Å². The van der Waals surface area contributed by atoms with E-state index in [9.17, 15) is 15.4 Å². The molecule has 1 aromatic carbocycles. The van der Waals surface area contributed by atoms with Gasteiger partial charge in [-0.1, -0.05) is 31.0 Å². The maximum atomic E-state index is 11.0. The number of aryl methyl sites for hydroxylation is 1. The normalized spacial score (nSPS) is 16.1. The number of nitro groups is 1. The average molecular weight is 360 g/mol. The summed E-state index contributed by atoms with van der Waals surface area (Å²) in [6, 6.07) is 6.43. The Kier molecular flexibility index (Phi) is 4.33. The minimum Gasteiger partial charge on any atom is -0.420 e. The summed E-state index contributed by atoms with van der Waals surface area (Å²) in [7, 11) is 0. The summed E-state index contributed by atoms with van der Waals surface area (Å²) < 4.78 is 5.46. The first-order chi connectivity index (χ1) is 12.0. The molecule has 25 heavy (non-hydrogen) atoms. The third-order valence-electron chi connectivity index (χ3n) is 4.02. The van der Waals surface area contributed by atoms with Gasteiger partial charge in [0.1, 0.15) is 16.7 Å². The van der Waals surface area contributed by atoms with E-state index in [-0.39, 0.29) is 22.2 Å². The molecule has 0 unspecified atom stereocenters. The minimum atomic E-state index is -0.558. The number of ether oxygens (including phenoxy) is 1. The van der Waals surface area contributed by atoms with Crippen LogP contribution in [0.5, 0.6) is 5.88 Å². The maximum absolute atomic E-state index is 11.0. The average Bonchev–Trinajstić information content (AvgIpc) is 2.95. The summed E-state index contributed by atoms with van der Waals surface area (Å²) in [6.07, 6.45) is 1.57. The quantitative estimate of drug-likeness (QED) is 0.636. The van der Waals surface area contributed by atoms with Gasteiger partial charge in [0.05, 0.1) is 10.8 Å². The van der Waals surface area contributed by atoms with E-state index in [0.717, 1.165) is 12.1 Å². The highest BCUT2D eigenvalue weighted by Crippen LogP contribution is 2.44. The zero-order chi connectivity index (χ0) is 18.1. The molecule has 2 aromatic rings. The Labute approximate surface area is 148 Å². The molecule has 0 spiro atoms. The molecule has 0 fully saturated rings. The first-order valence-corrected chi connectivity index (χ1v) is 7.94. The van der Waals surface area contributed by atoms with Crippen LogP contribution >= 0.6 is 11.6 Å². The largest absolute Gasteiger partial charge is 0.420 e. The van der Waals surface area contributed by atoms with Crippen LogP contribution in [0.3, 0.4) is 0 Å². The Morgan fingerprint density at radius 2 is 2.32 bits per heavy atom. The van der Waals surface area contributed by atoms with Crippen LogP contribution in [-0.4, -0.2) is 15.1 Å². The number of fused-ring (bicyclic) bond motifs is 1. The molecule has 1 atom stereocenters. The Morgan fingerprint density at radius 1 is 1.56 bits per heavy atom. The molecule has 0 saturated heterocycles. The molecule has 8 nitrogen and oxygen atoms in total. The van der Waals surface area contributed by atoms with Crippen molar-refractivity contribution in [3.8, 4) is 11.9 Å². The zero-order valence-electron chi connectivity index (χ0n) is 13.2. The van der Waals surface area contributed by atoms with Gasteiger partial charge in [-0.15, -0.1) is 5.10 Å². The first-order valence-electron chi connectivity index (χ1n) is 7.56. The highest BCUT2D eigenvalue weighted by atomic mass is 35.5. The number of nitrogens with zero attached hydrogens (tertiary/aromatic N) is 3. The molecule has 0 saturated carbocycles. The van der Waals surface area contributed by atoms with Crippen LogP contribution in [0, 0.1) is 21.4 Å². The maximum Gasteiger partial charge on any atom is 0.287 e. The summed E-state index contributed by atoms with van der Waals surface area (Å²) in [5, 5.41) is 27.6. The van der Waals surface area contributed by atoms with Crippen molar-refractivity contribution in [2.45, 2.75) is 25.7 Å². The molecule has 3 rings (SSSR count). The minimum absolute atomic E-state index is 0.00746. The van der Waals surface area contributed by atoms with Crippen LogP contribution < -0.4 is 10.5 Å². The van der Waals surface area contributed by atoms with Gasteiger partial charge in [0, 0.05) is 17.3 Å². The number of nitrogens with two attached hydrogens (primary N) is 1. The molecule has 9 heteroatoms. The lowest BCUT2D eigenvalue weighted by Crippen LogP contribution is -2.21. The van der Waals surface area contributed by atoms with E-state index in [2.05, 4.69) is 16.3 Å². The fourth-order valence-electron chi connectivity index (χ4n) is 2.93. The lowest BCUT2D eigenvalue weighted by atomic mass is 9.83. The monoisotopic (exact) mass is 359 g/mol.